The smallest absolute Gasteiger partial charge is 0.328 e. The first-order chi connectivity index (χ1) is 12.6. The van der Waals surface area contributed by atoms with Crippen molar-refractivity contribution in [2.75, 3.05) is 26.2 Å². The Morgan fingerprint density at radius 3 is 2.62 bits per heavy atom. The van der Waals surface area contributed by atoms with Crippen LogP contribution in [0.1, 0.15) is 12.3 Å². The Labute approximate surface area is 155 Å². The molecule has 1 aromatic heterocycles. The van der Waals surface area contributed by atoms with Gasteiger partial charge in [-0.3, -0.25) is 4.79 Å². The normalized spacial score (nSPS) is 11.7. The number of methoxy groups -OCH3 is 2. The average Bonchev–Trinajstić information content (AvgIpc) is 3.12. The molecule has 1 N–H and O–H groups in total. The third kappa shape index (κ3) is 5.48. The molecule has 0 radical (unpaired) electrons. The molecule has 2 aromatic rings. The Morgan fingerprint density at radius 2 is 2.00 bits per heavy atom. The summed E-state index contributed by atoms with van der Waals surface area (Å²) in [4.78, 5) is 28.1. The molecule has 2 rings (SSSR count). The van der Waals surface area contributed by atoms with Crippen LogP contribution in [0.5, 0.6) is 5.75 Å². The number of hydrogen-bond acceptors (Lipinski definition) is 8. The first-order valence-corrected chi connectivity index (χ1v) is 9.30. The van der Waals surface area contributed by atoms with E-state index >= 15 is 0 Å². The van der Waals surface area contributed by atoms with Gasteiger partial charge in [0, 0.05) is 5.56 Å². The monoisotopic (exact) mass is 379 g/mol. The van der Waals surface area contributed by atoms with Crippen LogP contribution < -0.4 is 10.1 Å². The summed E-state index contributed by atoms with van der Waals surface area (Å²) in [7, 11) is 2.88. The molecule has 8 nitrogen and oxygen atoms in total. The van der Waals surface area contributed by atoms with E-state index in [1.54, 1.807) is 43.1 Å². The highest BCUT2D eigenvalue weighted by molar-refractivity contribution is 7.98. The van der Waals surface area contributed by atoms with Gasteiger partial charge in [-0.15, -0.1) is 0 Å². The van der Waals surface area contributed by atoms with Crippen molar-refractivity contribution in [1.82, 2.24) is 15.5 Å². The SMILES string of the molecule is COC(=O)[C@@H](CCSC)NC(=O)Cc1nc(-c2ccc(OC)cc2)no1. The molecular formula is C17H21N3O5S. The third-order valence-corrected chi connectivity index (χ3v) is 4.20. The number of hydrogen-bond donors (Lipinski definition) is 1. The third-order valence-electron chi connectivity index (χ3n) is 3.56. The summed E-state index contributed by atoms with van der Waals surface area (Å²) in [6.07, 6.45) is 2.30. The van der Waals surface area contributed by atoms with Crippen LogP contribution in [0.2, 0.25) is 0 Å². The van der Waals surface area contributed by atoms with Crippen LogP contribution in [-0.4, -0.2) is 54.3 Å². The van der Waals surface area contributed by atoms with E-state index in [0.29, 0.717) is 12.2 Å². The van der Waals surface area contributed by atoms with Gasteiger partial charge in [0.1, 0.15) is 18.2 Å². The lowest BCUT2D eigenvalue weighted by molar-refractivity contribution is -0.145. The Hall–Kier alpha value is -2.55. The summed E-state index contributed by atoms with van der Waals surface area (Å²) in [5, 5.41) is 6.52. The largest absolute Gasteiger partial charge is 0.497 e. The van der Waals surface area contributed by atoms with Crippen LogP contribution in [0.25, 0.3) is 11.4 Å². The number of thioether (sulfide) groups is 1. The number of nitrogens with zero attached hydrogens (tertiary/aromatic N) is 2. The summed E-state index contributed by atoms with van der Waals surface area (Å²) >= 11 is 1.58. The minimum atomic E-state index is -0.691. The van der Waals surface area contributed by atoms with Crippen molar-refractivity contribution >= 4 is 23.6 Å². The quantitative estimate of drug-likeness (QED) is 0.657. The molecule has 140 valence electrons. The first-order valence-electron chi connectivity index (χ1n) is 7.90. The van der Waals surface area contributed by atoms with E-state index in [2.05, 4.69) is 15.5 Å². The van der Waals surface area contributed by atoms with Crippen LogP contribution in [0.15, 0.2) is 28.8 Å². The maximum atomic E-state index is 12.2. The number of carbonyl (C=O) groups excluding carboxylic acids is 2. The van der Waals surface area contributed by atoms with Crippen molar-refractivity contribution in [3.05, 3.63) is 30.2 Å². The molecule has 1 atom stereocenters. The number of esters is 1. The fraction of sp³-hybridized carbons (Fsp3) is 0.412. The van der Waals surface area contributed by atoms with E-state index in [0.717, 1.165) is 17.1 Å². The number of nitrogens with one attached hydrogen (secondary N) is 1. The summed E-state index contributed by atoms with van der Waals surface area (Å²) < 4.78 is 14.9. The molecule has 9 heteroatoms. The lowest BCUT2D eigenvalue weighted by atomic mass is 10.2. The minimum Gasteiger partial charge on any atom is -0.497 e. The van der Waals surface area contributed by atoms with Gasteiger partial charge in [0.05, 0.1) is 14.2 Å². The van der Waals surface area contributed by atoms with Crippen molar-refractivity contribution in [3.8, 4) is 17.1 Å². The second-order valence-corrected chi connectivity index (χ2v) is 6.33. The molecule has 1 aromatic carbocycles. The van der Waals surface area contributed by atoms with E-state index in [-0.39, 0.29) is 18.2 Å². The van der Waals surface area contributed by atoms with Gasteiger partial charge in [-0.25, -0.2) is 4.79 Å². The van der Waals surface area contributed by atoms with Gasteiger partial charge in [0.2, 0.25) is 17.6 Å². The molecule has 0 saturated carbocycles. The van der Waals surface area contributed by atoms with Gasteiger partial charge >= 0.3 is 5.97 Å². The Bertz CT molecular complexity index is 732. The molecule has 26 heavy (non-hydrogen) atoms. The minimum absolute atomic E-state index is 0.115. The van der Waals surface area contributed by atoms with Crippen LogP contribution in [-0.2, 0) is 20.7 Å². The van der Waals surface area contributed by atoms with Gasteiger partial charge in [-0.2, -0.15) is 16.7 Å². The molecule has 0 spiro atoms. The van der Waals surface area contributed by atoms with Crippen LogP contribution in [0.4, 0.5) is 0 Å². The predicted octanol–water partition coefficient (Wildman–Crippen LogP) is 1.70. The van der Waals surface area contributed by atoms with Crippen molar-refractivity contribution in [2.24, 2.45) is 0 Å². The predicted molar refractivity (Wildman–Crippen MR) is 96.9 cm³/mol. The molecule has 1 amide bonds. The zero-order valence-corrected chi connectivity index (χ0v) is 15.7. The van der Waals surface area contributed by atoms with Crippen LogP contribution >= 0.6 is 11.8 Å². The summed E-state index contributed by atoms with van der Waals surface area (Å²) in [6, 6.07) is 6.46. The Morgan fingerprint density at radius 1 is 1.27 bits per heavy atom. The number of carbonyl (C=O) groups is 2. The molecule has 0 aliphatic rings. The maximum Gasteiger partial charge on any atom is 0.328 e. The van der Waals surface area contributed by atoms with Gasteiger partial charge < -0.3 is 19.3 Å². The zero-order chi connectivity index (χ0) is 18.9. The molecule has 0 saturated heterocycles. The number of amides is 1. The number of ether oxygens (including phenoxy) is 2. The number of aromatic nitrogens is 2. The molecule has 0 aliphatic carbocycles. The van der Waals surface area contributed by atoms with Crippen molar-refractivity contribution in [3.63, 3.8) is 0 Å². The summed E-state index contributed by atoms with van der Waals surface area (Å²) in [6.45, 7) is 0. The molecule has 1 heterocycles. The Kier molecular flexibility index (Phi) is 7.46. The fourth-order valence-corrected chi connectivity index (χ4v) is 2.67. The van der Waals surface area contributed by atoms with Crippen molar-refractivity contribution in [1.29, 1.82) is 0 Å². The highest BCUT2D eigenvalue weighted by atomic mass is 32.2. The molecule has 0 fully saturated rings. The molecule has 0 unspecified atom stereocenters. The number of rotatable bonds is 9. The zero-order valence-electron chi connectivity index (χ0n) is 14.9. The number of benzene rings is 1. The second kappa shape index (κ2) is 9.81. The average molecular weight is 379 g/mol. The van der Waals surface area contributed by atoms with E-state index in [9.17, 15) is 9.59 Å². The fourth-order valence-electron chi connectivity index (χ4n) is 2.19. The van der Waals surface area contributed by atoms with Gasteiger partial charge in [-0.05, 0) is 42.7 Å². The van der Waals surface area contributed by atoms with E-state index < -0.39 is 12.0 Å². The standard InChI is InChI=1S/C17H21N3O5S/c1-23-12-6-4-11(5-7-12)16-19-15(25-20-16)10-14(21)18-13(8-9-26-3)17(22)24-2/h4-7,13H,8-10H2,1-3H3,(H,18,21)/t13-/m1/s1. The maximum absolute atomic E-state index is 12.2. The van der Waals surface area contributed by atoms with Crippen LogP contribution in [0, 0.1) is 0 Å². The lowest BCUT2D eigenvalue weighted by Gasteiger charge is -2.15. The first kappa shape index (κ1) is 19.8. The highest BCUT2D eigenvalue weighted by Crippen LogP contribution is 2.19. The topological polar surface area (TPSA) is 104 Å². The summed E-state index contributed by atoms with van der Waals surface area (Å²) in [5.41, 5.74) is 0.744. The summed E-state index contributed by atoms with van der Waals surface area (Å²) in [5.74, 6) is 1.13. The second-order valence-electron chi connectivity index (χ2n) is 5.34. The van der Waals surface area contributed by atoms with Gasteiger partial charge in [-0.1, -0.05) is 5.16 Å². The van der Waals surface area contributed by atoms with Gasteiger partial charge in [0.25, 0.3) is 0 Å². The van der Waals surface area contributed by atoms with Gasteiger partial charge in [0.15, 0.2) is 0 Å². The molecule has 0 bridgehead atoms. The molecule has 0 aliphatic heterocycles. The van der Waals surface area contributed by atoms with E-state index in [1.165, 1.54) is 7.11 Å². The van der Waals surface area contributed by atoms with E-state index in [4.69, 9.17) is 14.0 Å². The highest BCUT2D eigenvalue weighted by Gasteiger charge is 2.22. The lowest BCUT2D eigenvalue weighted by Crippen LogP contribution is -2.42. The molecular weight excluding hydrogens is 358 g/mol. The van der Waals surface area contributed by atoms with E-state index in [1.807, 2.05) is 6.26 Å². The van der Waals surface area contributed by atoms with Crippen molar-refractivity contribution in [2.45, 2.75) is 18.9 Å². The van der Waals surface area contributed by atoms with Crippen molar-refractivity contribution < 1.29 is 23.6 Å². The Balaban J connectivity index is 1.98. The van der Waals surface area contributed by atoms with Crippen LogP contribution in [0.3, 0.4) is 0 Å².